The molecule has 0 aliphatic heterocycles. The first-order valence-corrected chi connectivity index (χ1v) is 15.0. The summed E-state index contributed by atoms with van der Waals surface area (Å²) in [4.78, 5) is 0. The SMILES string of the molecule is [2H]c1c([2H])c([2H])c(-c2c3ccccc3c(-c3cccc(-c4c(-c5ccccc5)ccc5oc6ccccc6c45)c3)c3ccccc23)c([2H])c1[2H]. The van der Waals surface area contributed by atoms with Gasteiger partial charge in [0, 0.05) is 16.3 Å². The Kier molecular flexibility index (Phi) is 4.81. The minimum Gasteiger partial charge on any atom is -0.456 e. The average molecular weight is 578 g/mol. The van der Waals surface area contributed by atoms with Crippen molar-refractivity contribution in [3.05, 3.63) is 170 Å². The lowest BCUT2D eigenvalue weighted by Crippen LogP contribution is -1.92. The van der Waals surface area contributed by atoms with Gasteiger partial charge in [-0.3, -0.25) is 0 Å². The van der Waals surface area contributed by atoms with Gasteiger partial charge in [-0.15, -0.1) is 0 Å². The van der Waals surface area contributed by atoms with Crippen LogP contribution in [0.25, 0.3) is 88.0 Å². The van der Waals surface area contributed by atoms with Gasteiger partial charge in [0.05, 0.1) is 6.85 Å². The molecule has 0 aliphatic rings. The van der Waals surface area contributed by atoms with E-state index in [0.29, 0.717) is 5.56 Å². The topological polar surface area (TPSA) is 13.1 Å². The molecule has 0 amide bonds. The molecular weight excluding hydrogens is 544 g/mol. The molecule has 0 fully saturated rings. The molecule has 9 rings (SSSR count). The molecule has 0 aliphatic carbocycles. The summed E-state index contributed by atoms with van der Waals surface area (Å²) in [7, 11) is 0. The van der Waals surface area contributed by atoms with Gasteiger partial charge in [-0.05, 0) is 78.7 Å². The van der Waals surface area contributed by atoms with E-state index in [-0.39, 0.29) is 29.7 Å². The van der Waals surface area contributed by atoms with E-state index in [1.54, 1.807) is 0 Å². The second kappa shape index (κ2) is 10.4. The molecule has 8 aromatic carbocycles. The number of furan rings is 1. The quantitative estimate of drug-likeness (QED) is 0.190. The average Bonchev–Trinajstić information content (AvgIpc) is 3.55. The molecule has 210 valence electrons. The molecule has 0 saturated heterocycles. The predicted molar refractivity (Wildman–Crippen MR) is 190 cm³/mol. The van der Waals surface area contributed by atoms with Crippen LogP contribution in [0.2, 0.25) is 0 Å². The molecule has 0 unspecified atom stereocenters. The van der Waals surface area contributed by atoms with Gasteiger partial charge in [-0.1, -0.05) is 152 Å². The molecular formula is C44H28O. The molecule has 0 spiro atoms. The van der Waals surface area contributed by atoms with Crippen molar-refractivity contribution >= 4 is 43.5 Å². The van der Waals surface area contributed by atoms with Crippen LogP contribution in [0.4, 0.5) is 0 Å². The van der Waals surface area contributed by atoms with Crippen molar-refractivity contribution in [3.8, 4) is 44.5 Å². The first-order valence-electron chi connectivity index (χ1n) is 17.5. The van der Waals surface area contributed by atoms with E-state index in [1.807, 2.05) is 60.7 Å². The van der Waals surface area contributed by atoms with Gasteiger partial charge in [0.15, 0.2) is 0 Å². The lowest BCUT2D eigenvalue weighted by Gasteiger charge is -2.19. The number of para-hydroxylation sites is 1. The highest BCUT2D eigenvalue weighted by Gasteiger charge is 2.20. The number of rotatable bonds is 4. The molecule has 1 heterocycles. The second-order valence-corrected chi connectivity index (χ2v) is 11.2. The Balaban J connectivity index is 1.37. The van der Waals surface area contributed by atoms with E-state index in [9.17, 15) is 0 Å². The number of hydrogen-bond donors (Lipinski definition) is 0. The summed E-state index contributed by atoms with van der Waals surface area (Å²) in [5.74, 6) is 0. The van der Waals surface area contributed by atoms with Crippen molar-refractivity contribution in [2.24, 2.45) is 0 Å². The summed E-state index contributed by atoms with van der Waals surface area (Å²) < 4.78 is 49.2. The van der Waals surface area contributed by atoms with Crippen LogP contribution in [0.3, 0.4) is 0 Å². The van der Waals surface area contributed by atoms with Gasteiger partial charge in [0.2, 0.25) is 0 Å². The molecule has 0 bridgehead atoms. The predicted octanol–water partition coefficient (Wildman–Crippen LogP) is 12.6. The molecule has 1 aromatic heterocycles. The third kappa shape index (κ3) is 4.09. The smallest absolute Gasteiger partial charge is 0.136 e. The van der Waals surface area contributed by atoms with E-state index < -0.39 is 6.04 Å². The van der Waals surface area contributed by atoms with Crippen molar-refractivity contribution < 1.29 is 11.3 Å². The monoisotopic (exact) mass is 577 g/mol. The molecule has 0 saturated carbocycles. The van der Waals surface area contributed by atoms with Gasteiger partial charge in [0.1, 0.15) is 11.2 Å². The Labute approximate surface area is 268 Å². The number of benzene rings is 8. The lowest BCUT2D eigenvalue weighted by molar-refractivity contribution is 0.669. The summed E-state index contributed by atoms with van der Waals surface area (Å²) in [5.41, 5.74) is 8.86. The van der Waals surface area contributed by atoms with Crippen LogP contribution in [0.5, 0.6) is 0 Å². The van der Waals surface area contributed by atoms with Crippen LogP contribution in [0.1, 0.15) is 6.85 Å². The van der Waals surface area contributed by atoms with Crippen LogP contribution in [-0.2, 0) is 0 Å². The summed E-state index contributed by atoms with van der Waals surface area (Å²) in [6.07, 6.45) is 0. The van der Waals surface area contributed by atoms with Crippen LogP contribution in [-0.4, -0.2) is 0 Å². The minimum absolute atomic E-state index is 0.203. The highest BCUT2D eigenvalue weighted by molar-refractivity contribution is 6.22. The molecule has 9 aromatic rings. The Morgan fingerprint density at radius 1 is 0.378 bits per heavy atom. The zero-order valence-corrected chi connectivity index (χ0v) is 24.2. The van der Waals surface area contributed by atoms with Gasteiger partial charge >= 0.3 is 0 Å². The fourth-order valence-corrected chi connectivity index (χ4v) is 6.89. The molecule has 0 N–H and O–H groups in total. The van der Waals surface area contributed by atoms with Crippen LogP contribution in [0.15, 0.2) is 174 Å². The first-order chi connectivity index (χ1) is 24.4. The number of fused-ring (bicyclic) bond motifs is 5. The third-order valence-electron chi connectivity index (χ3n) is 8.75. The lowest BCUT2D eigenvalue weighted by atomic mass is 9.84. The third-order valence-corrected chi connectivity index (χ3v) is 8.75. The van der Waals surface area contributed by atoms with Crippen LogP contribution < -0.4 is 0 Å². The van der Waals surface area contributed by atoms with Crippen molar-refractivity contribution in [1.82, 2.24) is 0 Å². The summed E-state index contributed by atoms with van der Waals surface area (Å²) in [6, 6.07) is 45.8. The van der Waals surface area contributed by atoms with Gasteiger partial charge in [-0.2, -0.15) is 0 Å². The van der Waals surface area contributed by atoms with Crippen LogP contribution >= 0.6 is 0 Å². The minimum atomic E-state index is -0.402. The fourth-order valence-electron chi connectivity index (χ4n) is 6.89. The second-order valence-electron chi connectivity index (χ2n) is 11.2. The fraction of sp³-hybridized carbons (Fsp3) is 0. The summed E-state index contributed by atoms with van der Waals surface area (Å²) in [5, 5.41) is 5.61. The molecule has 0 radical (unpaired) electrons. The Hall–Kier alpha value is -5.92. The summed E-state index contributed by atoms with van der Waals surface area (Å²) >= 11 is 0. The molecule has 45 heavy (non-hydrogen) atoms. The summed E-state index contributed by atoms with van der Waals surface area (Å²) in [6.45, 7) is 0. The maximum Gasteiger partial charge on any atom is 0.136 e. The molecule has 1 nitrogen and oxygen atoms in total. The highest BCUT2D eigenvalue weighted by Crippen LogP contribution is 2.46. The Morgan fingerprint density at radius 2 is 0.911 bits per heavy atom. The van der Waals surface area contributed by atoms with Crippen molar-refractivity contribution in [3.63, 3.8) is 0 Å². The standard InChI is InChI=1S/C44H28O/c1-3-14-29(15-4-1)33-26-27-40-44(38-24-11-12-25-39(38)45-40)43(33)32-19-13-18-31(28-32)42-36-22-9-7-20-34(36)41(30-16-5-2-6-17-30)35-21-8-10-23-37(35)42/h1-28H/i2D,5D,6D,16D,17D. The highest BCUT2D eigenvalue weighted by atomic mass is 16.3. The molecule has 1 heteroatoms. The zero-order valence-electron chi connectivity index (χ0n) is 29.2. The van der Waals surface area contributed by atoms with E-state index >= 15 is 0 Å². The van der Waals surface area contributed by atoms with Crippen molar-refractivity contribution in [2.45, 2.75) is 0 Å². The van der Waals surface area contributed by atoms with E-state index in [1.165, 1.54) is 0 Å². The van der Waals surface area contributed by atoms with E-state index in [2.05, 4.69) is 78.9 Å². The zero-order chi connectivity index (χ0) is 34.1. The maximum atomic E-state index is 8.89. The van der Waals surface area contributed by atoms with Crippen molar-refractivity contribution in [1.29, 1.82) is 0 Å². The maximum absolute atomic E-state index is 8.89. The van der Waals surface area contributed by atoms with Gasteiger partial charge < -0.3 is 4.42 Å². The van der Waals surface area contributed by atoms with Gasteiger partial charge in [-0.25, -0.2) is 0 Å². The first kappa shape index (κ1) is 20.9. The van der Waals surface area contributed by atoms with E-state index in [4.69, 9.17) is 11.3 Å². The Morgan fingerprint density at radius 3 is 1.58 bits per heavy atom. The van der Waals surface area contributed by atoms with E-state index in [0.717, 1.165) is 76.9 Å². The Bertz CT molecular complexity index is 2730. The normalized spacial score (nSPS) is 13.1. The number of hydrogen-bond acceptors (Lipinski definition) is 1. The largest absolute Gasteiger partial charge is 0.456 e. The van der Waals surface area contributed by atoms with Crippen molar-refractivity contribution in [2.75, 3.05) is 0 Å². The van der Waals surface area contributed by atoms with Gasteiger partial charge in [0.25, 0.3) is 0 Å². The van der Waals surface area contributed by atoms with Crippen LogP contribution in [0, 0.1) is 0 Å². The molecule has 0 atom stereocenters.